The van der Waals surface area contributed by atoms with E-state index < -0.39 is 0 Å². The molecule has 0 bridgehead atoms. The van der Waals surface area contributed by atoms with Gasteiger partial charge in [0, 0.05) is 30.9 Å². The summed E-state index contributed by atoms with van der Waals surface area (Å²) in [7, 11) is 0. The number of carbonyl (C=O) groups is 1. The van der Waals surface area contributed by atoms with Crippen molar-refractivity contribution >= 4 is 5.91 Å². The molecule has 1 aliphatic rings. The zero-order chi connectivity index (χ0) is 22.6. The fourth-order valence-electron chi connectivity index (χ4n) is 4.09. The number of piperidine rings is 1. The first-order chi connectivity index (χ1) is 16.2. The number of halogens is 1. The van der Waals surface area contributed by atoms with Crippen LogP contribution in [0.3, 0.4) is 0 Å². The van der Waals surface area contributed by atoms with Gasteiger partial charge in [0.25, 0.3) is 5.91 Å². The third-order valence-electron chi connectivity index (χ3n) is 5.74. The highest BCUT2D eigenvalue weighted by Gasteiger charge is 2.32. The van der Waals surface area contributed by atoms with Crippen molar-refractivity contribution in [2.75, 3.05) is 6.54 Å². The Balaban J connectivity index is 1.37. The maximum absolute atomic E-state index is 13.4. The maximum atomic E-state index is 13.4. The van der Waals surface area contributed by atoms with Crippen LogP contribution >= 0.6 is 0 Å². The van der Waals surface area contributed by atoms with Crippen molar-refractivity contribution in [3.63, 3.8) is 0 Å². The number of pyridine rings is 1. The van der Waals surface area contributed by atoms with Gasteiger partial charge >= 0.3 is 0 Å². The van der Waals surface area contributed by atoms with Gasteiger partial charge in [-0.1, -0.05) is 18.2 Å². The largest absolute Gasteiger partial charge is 0.443 e. The number of hydrogen-bond donors (Lipinski definition) is 0. The standard InChI is InChI=1S/C25H22FN5O2/c26-19-9-7-17(8-10-19)12-20-15-29-24(33-20)23-6-1-2-11-31(23)25(32)22-5-3-4-21(30-22)18-13-27-16-28-14-18/h3-5,7-10,13-16,23H,1-2,6,11-12H2/t23-/m0/s1. The molecule has 0 saturated carbocycles. The molecule has 7 nitrogen and oxygen atoms in total. The highest BCUT2D eigenvalue weighted by Crippen LogP contribution is 2.32. The molecule has 166 valence electrons. The summed E-state index contributed by atoms with van der Waals surface area (Å²) in [6.45, 7) is 0.611. The van der Waals surface area contributed by atoms with Crippen LogP contribution in [0.4, 0.5) is 4.39 Å². The second kappa shape index (κ2) is 9.28. The van der Waals surface area contributed by atoms with E-state index in [2.05, 4.69) is 19.9 Å². The molecule has 0 radical (unpaired) electrons. The van der Waals surface area contributed by atoms with Crippen molar-refractivity contribution in [1.29, 1.82) is 0 Å². The van der Waals surface area contributed by atoms with E-state index in [0.717, 1.165) is 30.4 Å². The molecule has 4 aromatic rings. The third-order valence-corrected chi connectivity index (χ3v) is 5.74. The van der Waals surface area contributed by atoms with Crippen molar-refractivity contribution in [3.05, 3.63) is 96.1 Å². The Kier molecular flexibility index (Phi) is 5.89. The van der Waals surface area contributed by atoms with Gasteiger partial charge < -0.3 is 9.32 Å². The fraction of sp³-hybridized carbons (Fsp3) is 0.240. The molecule has 1 amide bonds. The lowest BCUT2D eigenvalue weighted by atomic mass is 10.0. The Hall–Kier alpha value is -3.94. The lowest BCUT2D eigenvalue weighted by Crippen LogP contribution is -2.39. The van der Waals surface area contributed by atoms with Gasteiger partial charge in [-0.05, 0) is 49.1 Å². The van der Waals surface area contributed by atoms with Gasteiger partial charge in [0.2, 0.25) is 5.89 Å². The Morgan fingerprint density at radius 3 is 2.70 bits per heavy atom. The van der Waals surface area contributed by atoms with E-state index in [1.807, 2.05) is 12.1 Å². The lowest BCUT2D eigenvalue weighted by Gasteiger charge is -2.33. The number of rotatable bonds is 5. The minimum absolute atomic E-state index is 0.156. The minimum atomic E-state index is -0.272. The first-order valence-corrected chi connectivity index (χ1v) is 10.9. The van der Waals surface area contributed by atoms with Crippen LogP contribution in [0.5, 0.6) is 0 Å². The minimum Gasteiger partial charge on any atom is -0.443 e. The topological polar surface area (TPSA) is 85.0 Å². The van der Waals surface area contributed by atoms with Crippen LogP contribution in [-0.4, -0.2) is 37.3 Å². The van der Waals surface area contributed by atoms with Crippen molar-refractivity contribution < 1.29 is 13.6 Å². The predicted molar refractivity (Wildman–Crippen MR) is 119 cm³/mol. The summed E-state index contributed by atoms with van der Waals surface area (Å²) >= 11 is 0. The first kappa shape index (κ1) is 20.9. The molecule has 1 aromatic carbocycles. The van der Waals surface area contributed by atoms with E-state index in [9.17, 15) is 9.18 Å². The average Bonchev–Trinajstić information content (AvgIpc) is 3.34. The zero-order valence-electron chi connectivity index (χ0n) is 17.9. The van der Waals surface area contributed by atoms with Crippen molar-refractivity contribution in [2.24, 2.45) is 0 Å². The number of benzene rings is 1. The van der Waals surface area contributed by atoms with E-state index >= 15 is 0 Å². The van der Waals surface area contributed by atoms with Crippen molar-refractivity contribution in [2.45, 2.75) is 31.7 Å². The smallest absolute Gasteiger partial charge is 0.273 e. The van der Waals surface area contributed by atoms with Crippen molar-refractivity contribution in [1.82, 2.24) is 24.8 Å². The highest BCUT2D eigenvalue weighted by atomic mass is 19.1. The Labute approximate surface area is 190 Å². The molecule has 4 heterocycles. The molecule has 0 spiro atoms. The van der Waals surface area contributed by atoms with Gasteiger partial charge in [0.1, 0.15) is 29.6 Å². The quantitative estimate of drug-likeness (QED) is 0.447. The molecule has 0 N–H and O–H groups in total. The van der Waals surface area contributed by atoms with Crippen molar-refractivity contribution in [3.8, 4) is 11.3 Å². The Morgan fingerprint density at radius 2 is 1.88 bits per heavy atom. The molecule has 1 atom stereocenters. The number of hydrogen-bond acceptors (Lipinski definition) is 6. The number of aromatic nitrogens is 4. The van der Waals surface area contributed by atoms with Gasteiger partial charge in [-0.25, -0.2) is 24.3 Å². The zero-order valence-corrected chi connectivity index (χ0v) is 17.9. The molecule has 0 unspecified atom stereocenters. The van der Waals surface area contributed by atoms with E-state index in [-0.39, 0.29) is 17.8 Å². The number of nitrogens with zero attached hydrogens (tertiary/aromatic N) is 5. The summed E-state index contributed by atoms with van der Waals surface area (Å²) in [5.74, 6) is 0.772. The number of likely N-dealkylation sites (tertiary alicyclic amines) is 1. The first-order valence-electron chi connectivity index (χ1n) is 10.9. The molecular weight excluding hydrogens is 421 g/mol. The summed E-state index contributed by atoms with van der Waals surface area (Å²) in [6, 6.07) is 11.4. The van der Waals surface area contributed by atoms with Gasteiger partial charge in [-0.3, -0.25) is 4.79 Å². The summed E-state index contributed by atoms with van der Waals surface area (Å²) < 4.78 is 19.2. The molecular formula is C25H22FN5O2. The normalized spacial score (nSPS) is 16.0. The lowest BCUT2D eigenvalue weighted by molar-refractivity contribution is 0.0564. The summed E-state index contributed by atoms with van der Waals surface area (Å²) in [5.41, 5.74) is 2.69. The Morgan fingerprint density at radius 1 is 1.06 bits per heavy atom. The monoisotopic (exact) mass is 443 g/mol. The molecule has 1 fully saturated rings. The molecule has 0 aliphatic carbocycles. The average molecular weight is 443 g/mol. The number of amides is 1. The third kappa shape index (κ3) is 4.64. The van der Waals surface area contributed by atoms with Crippen LogP contribution in [0.2, 0.25) is 0 Å². The molecule has 5 rings (SSSR count). The summed E-state index contributed by atoms with van der Waals surface area (Å²) in [5, 5.41) is 0. The highest BCUT2D eigenvalue weighted by molar-refractivity contribution is 5.93. The van der Waals surface area contributed by atoms with Crippen LogP contribution in [0.25, 0.3) is 11.3 Å². The van der Waals surface area contributed by atoms with E-state index in [4.69, 9.17) is 4.42 Å². The van der Waals surface area contributed by atoms with E-state index in [1.54, 1.807) is 41.7 Å². The summed E-state index contributed by atoms with van der Waals surface area (Å²) in [4.78, 5) is 32.3. The van der Waals surface area contributed by atoms with Crippen LogP contribution in [0, 0.1) is 5.82 Å². The number of oxazole rings is 1. The molecule has 3 aromatic heterocycles. The van der Waals surface area contributed by atoms with Crippen LogP contribution in [0.15, 0.2) is 71.8 Å². The fourth-order valence-corrected chi connectivity index (χ4v) is 4.09. The van der Waals surface area contributed by atoms with Gasteiger partial charge in [-0.2, -0.15) is 0 Å². The predicted octanol–water partition coefficient (Wildman–Crippen LogP) is 4.62. The SMILES string of the molecule is O=C(c1cccc(-c2cncnc2)n1)N1CCCC[C@H]1c1ncc(Cc2ccc(F)cc2)o1. The molecule has 1 aliphatic heterocycles. The van der Waals surface area contributed by atoms with Gasteiger partial charge in [-0.15, -0.1) is 0 Å². The van der Waals surface area contributed by atoms with Gasteiger partial charge in [0.05, 0.1) is 11.9 Å². The second-order valence-electron chi connectivity index (χ2n) is 8.01. The second-order valence-corrected chi connectivity index (χ2v) is 8.01. The van der Waals surface area contributed by atoms with Crippen LogP contribution < -0.4 is 0 Å². The van der Waals surface area contributed by atoms with E-state index in [0.29, 0.717) is 36.0 Å². The maximum Gasteiger partial charge on any atom is 0.273 e. The Bertz CT molecular complexity index is 1240. The van der Waals surface area contributed by atoms with Crippen LogP contribution in [-0.2, 0) is 6.42 Å². The summed E-state index contributed by atoms with van der Waals surface area (Å²) in [6.07, 6.45) is 9.66. The number of carbonyl (C=O) groups excluding carboxylic acids is 1. The molecule has 33 heavy (non-hydrogen) atoms. The molecule has 1 saturated heterocycles. The molecule has 8 heteroatoms. The van der Waals surface area contributed by atoms with Crippen LogP contribution in [0.1, 0.15) is 53.0 Å². The van der Waals surface area contributed by atoms with Gasteiger partial charge in [0.15, 0.2) is 0 Å². The van der Waals surface area contributed by atoms with E-state index in [1.165, 1.54) is 18.5 Å².